The van der Waals surface area contributed by atoms with Crippen molar-refractivity contribution >= 4 is 26.0 Å². The van der Waals surface area contributed by atoms with Gasteiger partial charge in [0.2, 0.25) is 10.0 Å². The molecule has 0 aliphatic heterocycles. The molecule has 1 rings (SSSR count). The van der Waals surface area contributed by atoms with E-state index >= 15 is 0 Å². The van der Waals surface area contributed by atoms with Crippen LogP contribution in [-0.4, -0.2) is 39.1 Å². The van der Waals surface area contributed by atoms with Crippen LogP contribution in [0, 0.1) is 6.92 Å². The van der Waals surface area contributed by atoms with Crippen LogP contribution in [0.3, 0.4) is 0 Å². The standard InChI is InChI=1S/C12H19BrN2O2S/c1-10-4-5-11(8-12(10)13)9-14-6-7-18(16,17)15(2)3/h4-5,8,14H,6-7,9H2,1-3H3. The van der Waals surface area contributed by atoms with E-state index in [1.807, 2.05) is 25.1 Å². The van der Waals surface area contributed by atoms with Crippen molar-refractivity contribution in [3.05, 3.63) is 33.8 Å². The summed E-state index contributed by atoms with van der Waals surface area (Å²) in [5, 5.41) is 3.13. The molecule has 0 fully saturated rings. The fourth-order valence-corrected chi connectivity index (χ4v) is 2.56. The van der Waals surface area contributed by atoms with Gasteiger partial charge in [0.25, 0.3) is 0 Å². The summed E-state index contributed by atoms with van der Waals surface area (Å²) in [7, 11) is -0.00987. The van der Waals surface area contributed by atoms with Gasteiger partial charge in [-0.1, -0.05) is 28.1 Å². The first-order chi connectivity index (χ1) is 8.33. The highest BCUT2D eigenvalue weighted by molar-refractivity contribution is 9.10. The molecule has 0 heterocycles. The summed E-state index contributed by atoms with van der Waals surface area (Å²) in [5.74, 6) is 0.118. The minimum atomic E-state index is -3.11. The Morgan fingerprint density at radius 3 is 2.56 bits per heavy atom. The summed E-state index contributed by atoms with van der Waals surface area (Å²) in [4.78, 5) is 0. The summed E-state index contributed by atoms with van der Waals surface area (Å²) < 4.78 is 25.4. The first-order valence-electron chi connectivity index (χ1n) is 5.69. The van der Waals surface area contributed by atoms with Gasteiger partial charge in [0.05, 0.1) is 5.75 Å². The Labute approximate surface area is 118 Å². The van der Waals surface area contributed by atoms with Crippen molar-refractivity contribution in [1.29, 1.82) is 0 Å². The highest BCUT2D eigenvalue weighted by Crippen LogP contribution is 2.17. The van der Waals surface area contributed by atoms with E-state index in [9.17, 15) is 8.42 Å². The number of halogens is 1. The van der Waals surface area contributed by atoms with Crippen LogP contribution in [0.2, 0.25) is 0 Å². The van der Waals surface area contributed by atoms with Crippen molar-refractivity contribution in [2.24, 2.45) is 0 Å². The van der Waals surface area contributed by atoms with Crippen molar-refractivity contribution in [2.45, 2.75) is 13.5 Å². The number of hydrogen-bond donors (Lipinski definition) is 1. The second-order valence-corrected chi connectivity index (χ2v) is 7.52. The molecule has 18 heavy (non-hydrogen) atoms. The van der Waals surface area contributed by atoms with E-state index < -0.39 is 10.0 Å². The molecular weight excluding hydrogens is 316 g/mol. The van der Waals surface area contributed by atoms with Crippen LogP contribution in [0.25, 0.3) is 0 Å². The van der Waals surface area contributed by atoms with Crippen molar-refractivity contribution in [3.63, 3.8) is 0 Å². The number of nitrogens with one attached hydrogen (secondary N) is 1. The predicted molar refractivity (Wildman–Crippen MR) is 78.1 cm³/mol. The molecule has 6 heteroatoms. The lowest BCUT2D eigenvalue weighted by atomic mass is 10.1. The zero-order valence-electron chi connectivity index (χ0n) is 10.9. The van der Waals surface area contributed by atoms with E-state index in [1.165, 1.54) is 9.87 Å². The van der Waals surface area contributed by atoms with Gasteiger partial charge in [0.1, 0.15) is 0 Å². The van der Waals surface area contributed by atoms with Gasteiger partial charge >= 0.3 is 0 Å². The minimum absolute atomic E-state index is 0.118. The highest BCUT2D eigenvalue weighted by atomic mass is 79.9. The minimum Gasteiger partial charge on any atom is -0.312 e. The molecule has 0 aliphatic carbocycles. The predicted octanol–water partition coefficient (Wildman–Crippen LogP) is 1.74. The van der Waals surface area contributed by atoms with Crippen LogP contribution in [0.15, 0.2) is 22.7 Å². The normalized spacial score (nSPS) is 12.1. The Kier molecular flexibility index (Phi) is 5.78. The fourth-order valence-electron chi connectivity index (χ4n) is 1.36. The van der Waals surface area contributed by atoms with Crippen molar-refractivity contribution in [1.82, 2.24) is 9.62 Å². The molecule has 1 aromatic rings. The third-order valence-corrected chi connectivity index (χ3v) is 5.35. The molecule has 0 bridgehead atoms. The molecule has 0 atom stereocenters. The van der Waals surface area contributed by atoms with Gasteiger partial charge in [0, 0.05) is 31.7 Å². The second kappa shape index (κ2) is 6.65. The van der Waals surface area contributed by atoms with Gasteiger partial charge in [0.15, 0.2) is 0 Å². The molecule has 0 aliphatic rings. The largest absolute Gasteiger partial charge is 0.312 e. The monoisotopic (exact) mass is 334 g/mol. The number of aryl methyl sites for hydroxylation is 1. The lowest BCUT2D eigenvalue weighted by molar-refractivity contribution is 0.517. The van der Waals surface area contributed by atoms with Crippen LogP contribution in [0.1, 0.15) is 11.1 Å². The molecule has 4 nitrogen and oxygen atoms in total. The van der Waals surface area contributed by atoms with Gasteiger partial charge in [-0.25, -0.2) is 12.7 Å². The van der Waals surface area contributed by atoms with E-state index in [2.05, 4.69) is 21.2 Å². The summed E-state index contributed by atoms with van der Waals surface area (Å²) in [6, 6.07) is 6.12. The molecule has 0 aromatic heterocycles. The van der Waals surface area contributed by atoms with Gasteiger partial charge in [-0.2, -0.15) is 0 Å². The number of rotatable bonds is 6. The Morgan fingerprint density at radius 1 is 1.33 bits per heavy atom. The zero-order chi connectivity index (χ0) is 13.8. The molecule has 0 unspecified atom stereocenters. The summed E-state index contributed by atoms with van der Waals surface area (Å²) in [6.45, 7) is 3.15. The molecule has 0 saturated carbocycles. The Hall–Kier alpha value is -0.430. The summed E-state index contributed by atoms with van der Waals surface area (Å²) in [5.41, 5.74) is 2.32. The van der Waals surface area contributed by atoms with E-state index in [1.54, 1.807) is 14.1 Å². The van der Waals surface area contributed by atoms with Crippen LogP contribution in [-0.2, 0) is 16.6 Å². The first-order valence-corrected chi connectivity index (χ1v) is 8.09. The first kappa shape index (κ1) is 15.6. The number of benzene rings is 1. The van der Waals surface area contributed by atoms with Gasteiger partial charge in [-0.3, -0.25) is 0 Å². The maximum atomic E-state index is 11.5. The second-order valence-electron chi connectivity index (χ2n) is 4.36. The number of sulfonamides is 1. The zero-order valence-corrected chi connectivity index (χ0v) is 13.3. The molecule has 1 aromatic carbocycles. The van der Waals surface area contributed by atoms with Crippen LogP contribution in [0.5, 0.6) is 0 Å². The maximum absolute atomic E-state index is 11.5. The molecule has 1 N–H and O–H groups in total. The SMILES string of the molecule is Cc1ccc(CNCCS(=O)(=O)N(C)C)cc1Br. The molecule has 102 valence electrons. The summed E-state index contributed by atoms with van der Waals surface area (Å²) >= 11 is 3.48. The third-order valence-electron chi connectivity index (χ3n) is 2.66. The topological polar surface area (TPSA) is 49.4 Å². The average molecular weight is 335 g/mol. The molecule has 0 amide bonds. The van der Waals surface area contributed by atoms with Gasteiger partial charge in [-0.05, 0) is 24.1 Å². The summed E-state index contributed by atoms with van der Waals surface area (Å²) in [6.07, 6.45) is 0. The molecule has 0 spiro atoms. The lowest BCUT2D eigenvalue weighted by Gasteiger charge is -2.11. The quantitative estimate of drug-likeness (QED) is 0.806. The van der Waals surface area contributed by atoms with Crippen molar-refractivity contribution in [3.8, 4) is 0 Å². The smallest absolute Gasteiger partial charge is 0.214 e. The Balaban J connectivity index is 2.41. The van der Waals surface area contributed by atoms with Crippen molar-refractivity contribution in [2.75, 3.05) is 26.4 Å². The highest BCUT2D eigenvalue weighted by Gasteiger charge is 2.12. The van der Waals surface area contributed by atoms with Crippen LogP contribution < -0.4 is 5.32 Å². The van der Waals surface area contributed by atoms with Crippen LogP contribution >= 0.6 is 15.9 Å². The number of hydrogen-bond acceptors (Lipinski definition) is 3. The molecule has 0 saturated heterocycles. The van der Waals surface area contributed by atoms with E-state index in [0.717, 1.165) is 10.0 Å². The average Bonchev–Trinajstić information content (AvgIpc) is 2.29. The molecular formula is C12H19BrN2O2S. The van der Waals surface area contributed by atoms with Gasteiger partial charge in [-0.15, -0.1) is 0 Å². The third kappa shape index (κ3) is 4.68. The Morgan fingerprint density at radius 2 is 2.00 bits per heavy atom. The lowest BCUT2D eigenvalue weighted by Crippen LogP contribution is -2.31. The van der Waals surface area contributed by atoms with E-state index in [-0.39, 0.29) is 5.75 Å². The Bertz CT molecular complexity index is 501. The molecule has 0 radical (unpaired) electrons. The van der Waals surface area contributed by atoms with Gasteiger partial charge < -0.3 is 5.32 Å². The maximum Gasteiger partial charge on any atom is 0.214 e. The van der Waals surface area contributed by atoms with Crippen LogP contribution in [0.4, 0.5) is 0 Å². The van der Waals surface area contributed by atoms with Crippen molar-refractivity contribution < 1.29 is 8.42 Å². The van der Waals surface area contributed by atoms with E-state index in [0.29, 0.717) is 13.1 Å². The number of nitrogens with zero attached hydrogens (tertiary/aromatic N) is 1. The van der Waals surface area contributed by atoms with E-state index in [4.69, 9.17) is 0 Å². The fraction of sp³-hybridized carbons (Fsp3) is 0.500.